The van der Waals surface area contributed by atoms with Crippen molar-refractivity contribution in [2.45, 2.75) is 18.9 Å². The van der Waals surface area contributed by atoms with Crippen molar-refractivity contribution in [2.75, 3.05) is 39.5 Å². The van der Waals surface area contributed by atoms with Crippen LogP contribution in [0.2, 0.25) is 0 Å². The Morgan fingerprint density at radius 2 is 1.71 bits per heavy atom. The predicted octanol–water partition coefficient (Wildman–Crippen LogP) is 4.20. The number of nitrogens with two attached hydrogens (primary N) is 1. The van der Waals surface area contributed by atoms with Crippen LogP contribution in [0, 0.1) is 0 Å². The van der Waals surface area contributed by atoms with Crippen LogP contribution in [0.3, 0.4) is 0 Å². The van der Waals surface area contributed by atoms with Gasteiger partial charge in [0, 0.05) is 24.8 Å². The number of benzene rings is 2. The van der Waals surface area contributed by atoms with Crippen LogP contribution in [0.15, 0.2) is 66.9 Å². The zero-order valence-corrected chi connectivity index (χ0v) is 20.1. The molecule has 2 aromatic heterocycles. The summed E-state index contributed by atoms with van der Waals surface area (Å²) in [7, 11) is 3.83. The molecule has 5 rings (SSSR count). The summed E-state index contributed by atoms with van der Waals surface area (Å²) in [4.78, 5) is 20.7. The Kier molecular flexibility index (Phi) is 6.37. The lowest BCUT2D eigenvalue weighted by molar-refractivity contribution is -0.133. The Bertz CT molecular complexity index is 1310. The number of hydrogen-bond acceptors (Lipinski definition) is 6. The summed E-state index contributed by atoms with van der Waals surface area (Å²) in [5, 5.41) is 5.88. The Hall–Kier alpha value is -3.91. The Morgan fingerprint density at radius 3 is 2.40 bits per heavy atom. The van der Waals surface area contributed by atoms with Crippen LogP contribution in [0.5, 0.6) is 11.5 Å². The molecule has 1 saturated heterocycles. The minimum atomic E-state index is 0.172. The molecular weight excluding hydrogens is 440 g/mol. The van der Waals surface area contributed by atoms with Gasteiger partial charge >= 0.3 is 0 Å². The van der Waals surface area contributed by atoms with Crippen LogP contribution < -0.4 is 10.5 Å². The van der Waals surface area contributed by atoms with Gasteiger partial charge in [0.2, 0.25) is 5.91 Å². The predicted molar refractivity (Wildman–Crippen MR) is 137 cm³/mol. The van der Waals surface area contributed by atoms with E-state index in [0.717, 1.165) is 59.6 Å². The number of aromatic nitrogens is 3. The third kappa shape index (κ3) is 4.83. The monoisotopic (exact) mass is 470 g/mol. The quantitative estimate of drug-likeness (QED) is 0.454. The average Bonchev–Trinajstić information content (AvgIpc) is 3.26. The fraction of sp³-hybridized carbons (Fsp3) is 0.296. The fourth-order valence-electron chi connectivity index (χ4n) is 4.63. The first-order valence-corrected chi connectivity index (χ1v) is 11.9. The molecule has 1 aliphatic rings. The molecule has 8 nitrogen and oxygen atoms in total. The van der Waals surface area contributed by atoms with Gasteiger partial charge in [-0.05, 0) is 69.4 Å². The number of nitrogens with zero attached hydrogens (tertiary/aromatic N) is 5. The van der Waals surface area contributed by atoms with Crippen molar-refractivity contribution in [3.63, 3.8) is 0 Å². The van der Waals surface area contributed by atoms with Crippen molar-refractivity contribution in [3.8, 4) is 22.8 Å². The van der Waals surface area contributed by atoms with Crippen molar-refractivity contribution in [1.82, 2.24) is 24.6 Å². The number of likely N-dealkylation sites (tertiary alicyclic amines) is 1. The molecule has 180 valence electrons. The molecule has 0 atom stereocenters. The van der Waals surface area contributed by atoms with Gasteiger partial charge in [0.1, 0.15) is 23.0 Å². The number of carbonyl (C=O) groups is 1. The maximum absolute atomic E-state index is 12.5. The normalized spacial score (nSPS) is 14.5. The van der Waals surface area contributed by atoms with E-state index >= 15 is 0 Å². The smallest absolute Gasteiger partial charge is 0.236 e. The third-order valence-electron chi connectivity index (χ3n) is 6.37. The van der Waals surface area contributed by atoms with Crippen LogP contribution in [-0.2, 0) is 4.79 Å². The van der Waals surface area contributed by atoms with Crippen LogP contribution in [0.25, 0.3) is 22.2 Å². The van der Waals surface area contributed by atoms with Crippen LogP contribution >= 0.6 is 0 Å². The van der Waals surface area contributed by atoms with E-state index in [9.17, 15) is 4.79 Å². The minimum Gasteiger partial charge on any atom is -0.457 e. The molecule has 0 bridgehead atoms. The maximum Gasteiger partial charge on any atom is 0.236 e. The lowest BCUT2D eigenvalue weighted by atomic mass is 10.0. The molecule has 0 saturated carbocycles. The van der Waals surface area contributed by atoms with Gasteiger partial charge in [-0.25, -0.2) is 4.98 Å². The van der Waals surface area contributed by atoms with Crippen molar-refractivity contribution >= 4 is 22.6 Å². The number of anilines is 1. The molecule has 2 N–H and O–H groups in total. The minimum absolute atomic E-state index is 0.172. The number of fused-ring (bicyclic) bond motifs is 1. The highest BCUT2D eigenvalue weighted by Gasteiger charge is 2.27. The summed E-state index contributed by atoms with van der Waals surface area (Å²) < 4.78 is 8.01. The van der Waals surface area contributed by atoms with E-state index in [-0.39, 0.29) is 11.9 Å². The van der Waals surface area contributed by atoms with E-state index in [1.54, 1.807) is 6.20 Å². The van der Waals surface area contributed by atoms with Crippen molar-refractivity contribution in [2.24, 2.45) is 0 Å². The van der Waals surface area contributed by atoms with Crippen LogP contribution in [0.4, 0.5) is 5.82 Å². The molecule has 0 aliphatic carbocycles. The first-order chi connectivity index (χ1) is 17.0. The average molecular weight is 471 g/mol. The van der Waals surface area contributed by atoms with Gasteiger partial charge in [-0.15, -0.1) is 0 Å². The molecule has 1 fully saturated rings. The number of ether oxygens (including phenoxy) is 1. The Balaban J connectivity index is 1.40. The van der Waals surface area contributed by atoms with E-state index in [1.165, 1.54) is 0 Å². The number of piperidine rings is 1. The number of amides is 1. The zero-order chi connectivity index (χ0) is 24.4. The van der Waals surface area contributed by atoms with Gasteiger partial charge in [-0.1, -0.05) is 18.2 Å². The second-order valence-electron chi connectivity index (χ2n) is 9.17. The number of hydrogen-bond donors (Lipinski definition) is 1. The Labute approximate surface area is 204 Å². The topological polar surface area (TPSA) is 89.5 Å². The molecule has 4 aromatic rings. The van der Waals surface area contributed by atoms with Gasteiger partial charge in [-0.2, -0.15) is 5.10 Å². The number of para-hydroxylation sites is 1. The highest BCUT2D eigenvalue weighted by atomic mass is 16.5. The second-order valence-corrected chi connectivity index (χ2v) is 9.17. The first-order valence-electron chi connectivity index (χ1n) is 11.9. The number of likely N-dealkylation sites (N-methyl/N-ethyl adjacent to an activating group) is 1. The molecule has 2 aromatic carbocycles. The lowest BCUT2D eigenvalue weighted by Gasteiger charge is -2.33. The molecule has 3 heterocycles. The molecule has 0 spiro atoms. The van der Waals surface area contributed by atoms with E-state index < -0.39 is 0 Å². The van der Waals surface area contributed by atoms with Gasteiger partial charge in [0.05, 0.1) is 23.5 Å². The third-order valence-corrected chi connectivity index (χ3v) is 6.37. The van der Waals surface area contributed by atoms with Gasteiger partial charge in [0.15, 0.2) is 0 Å². The Morgan fingerprint density at radius 1 is 1.03 bits per heavy atom. The first kappa shape index (κ1) is 22.9. The maximum atomic E-state index is 12.5. The van der Waals surface area contributed by atoms with Crippen LogP contribution in [0.1, 0.15) is 18.9 Å². The summed E-state index contributed by atoms with van der Waals surface area (Å²) >= 11 is 0. The van der Waals surface area contributed by atoms with E-state index in [4.69, 9.17) is 15.6 Å². The molecule has 0 unspecified atom stereocenters. The summed E-state index contributed by atoms with van der Waals surface area (Å²) in [6.45, 7) is 1.88. The number of pyridine rings is 1. The summed E-state index contributed by atoms with van der Waals surface area (Å²) in [6, 6.07) is 19.7. The number of nitrogen functional groups attached to an aromatic ring is 1. The number of carbonyl (C=O) groups excluding carboxylic acids is 1. The summed E-state index contributed by atoms with van der Waals surface area (Å²) in [5.74, 6) is 2.18. The van der Waals surface area contributed by atoms with E-state index in [1.807, 2.05) is 84.6 Å². The summed E-state index contributed by atoms with van der Waals surface area (Å²) in [5.41, 5.74) is 9.06. The van der Waals surface area contributed by atoms with Crippen molar-refractivity contribution in [1.29, 1.82) is 0 Å². The largest absolute Gasteiger partial charge is 0.457 e. The van der Waals surface area contributed by atoms with Crippen molar-refractivity contribution < 1.29 is 9.53 Å². The standard InChI is InChI=1S/C27H30N6O2/c1-31(2)18-24(34)32-16-13-20(14-17-32)33-23-12-15-29-27(28)25(23)26(30-33)19-8-10-22(11-9-19)35-21-6-4-3-5-7-21/h3-12,15,20H,13-14,16-18H2,1-2H3,(H2,28,29). The number of rotatable bonds is 6. The van der Waals surface area contributed by atoms with Gasteiger partial charge in [0.25, 0.3) is 0 Å². The SMILES string of the molecule is CN(C)CC(=O)N1CCC(n2nc(-c3ccc(Oc4ccccc4)cc3)c3c(N)nccc32)CC1. The fourth-order valence-corrected chi connectivity index (χ4v) is 4.63. The molecule has 35 heavy (non-hydrogen) atoms. The van der Waals surface area contributed by atoms with Crippen molar-refractivity contribution in [3.05, 3.63) is 66.9 Å². The molecule has 1 aliphatic heterocycles. The van der Waals surface area contributed by atoms with E-state index in [2.05, 4.69) is 9.67 Å². The van der Waals surface area contributed by atoms with E-state index in [0.29, 0.717) is 12.4 Å². The van der Waals surface area contributed by atoms with Gasteiger partial charge < -0.3 is 20.3 Å². The molecular formula is C27H30N6O2. The zero-order valence-electron chi connectivity index (χ0n) is 20.1. The highest BCUT2D eigenvalue weighted by molar-refractivity contribution is 6.00. The van der Waals surface area contributed by atoms with Crippen LogP contribution in [-0.4, -0.2) is 64.2 Å². The second kappa shape index (κ2) is 9.76. The summed E-state index contributed by atoms with van der Waals surface area (Å²) in [6.07, 6.45) is 3.43. The highest BCUT2D eigenvalue weighted by Crippen LogP contribution is 2.36. The molecule has 8 heteroatoms. The molecule has 1 amide bonds. The molecule has 0 radical (unpaired) electrons. The lowest BCUT2D eigenvalue weighted by Crippen LogP contribution is -2.43. The van der Waals surface area contributed by atoms with Gasteiger partial charge in [-0.3, -0.25) is 9.48 Å².